The number of hydrogen-bond donors (Lipinski definition) is 0. The maximum atomic E-state index is 11.3. The first-order chi connectivity index (χ1) is 9.19. The van der Waals surface area contributed by atoms with E-state index >= 15 is 0 Å². The van der Waals surface area contributed by atoms with E-state index in [-0.39, 0.29) is 5.97 Å². The second kappa shape index (κ2) is 6.34. The number of carbonyl (C=O) groups is 1. The topological polar surface area (TPSA) is 29.5 Å². The predicted molar refractivity (Wildman–Crippen MR) is 77.0 cm³/mol. The molecular weight excluding hydrogens is 238 g/mol. The van der Waals surface area contributed by atoms with Crippen LogP contribution in [0, 0.1) is 0 Å². The Balaban J connectivity index is 2.03. The zero-order valence-electron chi connectivity index (χ0n) is 11.4. The molecule has 1 aliphatic rings. The third-order valence-corrected chi connectivity index (χ3v) is 3.19. The van der Waals surface area contributed by atoms with Crippen LogP contribution in [-0.4, -0.2) is 38.1 Å². The molecule has 0 bridgehead atoms. The summed E-state index contributed by atoms with van der Waals surface area (Å²) in [5.74, 6) is -0.299. The Morgan fingerprint density at radius 2 is 2.00 bits per heavy atom. The summed E-state index contributed by atoms with van der Waals surface area (Å²) in [7, 11) is 3.52. The van der Waals surface area contributed by atoms with Gasteiger partial charge in [-0.3, -0.25) is 0 Å². The van der Waals surface area contributed by atoms with Crippen LogP contribution in [0.2, 0.25) is 0 Å². The second-order valence-corrected chi connectivity index (χ2v) is 4.75. The molecule has 0 saturated heterocycles. The molecule has 0 fully saturated rings. The fraction of sp³-hybridized carbons (Fsp3) is 0.312. The fourth-order valence-corrected chi connectivity index (χ4v) is 2.10. The van der Waals surface area contributed by atoms with Crippen LogP contribution >= 0.6 is 0 Å². The molecule has 2 rings (SSSR count). The molecule has 1 aliphatic heterocycles. The minimum Gasteiger partial charge on any atom is -0.465 e. The van der Waals surface area contributed by atoms with Crippen LogP contribution < -0.4 is 0 Å². The zero-order chi connectivity index (χ0) is 13.7. The van der Waals surface area contributed by atoms with E-state index in [0.29, 0.717) is 5.56 Å². The maximum Gasteiger partial charge on any atom is 0.337 e. The van der Waals surface area contributed by atoms with Crippen LogP contribution in [0.5, 0.6) is 0 Å². The van der Waals surface area contributed by atoms with Gasteiger partial charge in [-0.05, 0) is 36.7 Å². The molecule has 100 valence electrons. The van der Waals surface area contributed by atoms with Crippen LogP contribution in [0.15, 0.2) is 42.0 Å². The van der Waals surface area contributed by atoms with Crippen molar-refractivity contribution < 1.29 is 9.53 Å². The number of benzene rings is 1. The lowest BCUT2D eigenvalue weighted by Gasteiger charge is -2.20. The molecule has 0 saturated carbocycles. The molecule has 1 heterocycles. The summed E-state index contributed by atoms with van der Waals surface area (Å²) in [5.41, 5.74) is 3.00. The van der Waals surface area contributed by atoms with Crippen molar-refractivity contribution in [3.05, 3.63) is 53.1 Å². The first kappa shape index (κ1) is 13.6. The lowest BCUT2D eigenvalue weighted by Crippen LogP contribution is -2.24. The van der Waals surface area contributed by atoms with E-state index in [0.717, 1.165) is 25.1 Å². The van der Waals surface area contributed by atoms with Gasteiger partial charge in [-0.1, -0.05) is 30.4 Å². The highest BCUT2D eigenvalue weighted by Crippen LogP contribution is 2.12. The Bertz CT molecular complexity index is 500. The van der Waals surface area contributed by atoms with Gasteiger partial charge in [-0.25, -0.2) is 4.79 Å². The van der Waals surface area contributed by atoms with Gasteiger partial charge in [0.15, 0.2) is 0 Å². The number of carbonyl (C=O) groups excluding carboxylic acids is 1. The molecule has 0 spiro atoms. The quantitative estimate of drug-likeness (QED) is 0.780. The summed E-state index contributed by atoms with van der Waals surface area (Å²) in [6, 6.07) is 7.42. The summed E-state index contributed by atoms with van der Waals surface area (Å²) >= 11 is 0. The third-order valence-electron chi connectivity index (χ3n) is 3.19. The van der Waals surface area contributed by atoms with E-state index in [1.807, 2.05) is 12.1 Å². The van der Waals surface area contributed by atoms with Gasteiger partial charge < -0.3 is 9.64 Å². The summed E-state index contributed by atoms with van der Waals surface area (Å²) in [6.45, 7) is 2.13. The summed E-state index contributed by atoms with van der Waals surface area (Å²) in [5, 5.41) is 0. The summed E-state index contributed by atoms with van der Waals surface area (Å²) < 4.78 is 4.67. The average Bonchev–Trinajstić information content (AvgIpc) is 2.45. The highest BCUT2D eigenvalue weighted by Gasteiger charge is 2.06. The molecule has 0 N–H and O–H groups in total. The molecule has 0 radical (unpaired) electrons. The van der Waals surface area contributed by atoms with Crippen LogP contribution in [0.25, 0.3) is 6.08 Å². The van der Waals surface area contributed by atoms with Gasteiger partial charge in [0, 0.05) is 13.1 Å². The number of hydrogen-bond acceptors (Lipinski definition) is 3. The van der Waals surface area contributed by atoms with Crippen molar-refractivity contribution in [3.8, 4) is 0 Å². The number of rotatable bonds is 3. The van der Waals surface area contributed by atoms with E-state index in [4.69, 9.17) is 0 Å². The maximum absolute atomic E-state index is 11.3. The van der Waals surface area contributed by atoms with E-state index in [1.54, 1.807) is 12.1 Å². The van der Waals surface area contributed by atoms with Crippen LogP contribution in [0.1, 0.15) is 22.3 Å². The molecule has 1 aromatic carbocycles. The fourth-order valence-electron chi connectivity index (χ4n) is 2.10. The largest absolute Gasteiger partial charge is 0.465 e. The van der Waals surface area contributed by atoms with E-state index in [2.05, 4.69) is 34.9 Å². The molecular formula is C16H19NO2. The van der Waals surface area contributed by atoms with E-state index in [9.17, 15) is 4.79 Å². The Morgan fingerprint density at radius 1 is 1.26 bits per heavy atom. The highest BCUT2D eigenvalue weighted by atomic mass is 16.5. The summed E-state index contributed by atoms with van der Waals surface area (Å²) in [4.78, 5) is 13.6. The average molecular weight is 257 g/mol. The molecule has 19 heavy (non-hydrogen) atoms. The Kier molecular flexibility index (Phi) is 4.53. The van der Waals surface area contributed by atoms with Gasteiger partial charge in [0.2, 0.25) is 0 Å². The number of ether oxygens (including phenoxy) is 1. The number of methoxy groups -OCH3 is 1. The highest BCUT2D eigenvalue weighted by molar-refractivity contribution is 5.89. The lowest BCUT2D eigenvalue weighted by molar-refractivity contribution is 0.0601. The normalized spacial score (nSPS) is 16.4. The SMILES string of the molecule is COC(=O)c1ccc(C=CC2=CCCN(C)C2)cc1. The Morgan fingerprint density at radius 3 is 2.63 bits per heavy atom. The first-order valence-corrected chi connectivity index (χ1v) is 6.43. The van der Waals surface area contributed by atoms with E-state index in [1.165, 1.54) is 12.7 Å². The third kappa shape index (κ3) is 3.80. The number of likely N-dealkylation sites (N-methyl/N-ethyl adjacent to an activating group) is 1. The van der Waals surface area contributed by atoms with Crippen molar-refractivity contribution >= 4 is 12.0 Å². The minimum atomic E-state index is -0.299. The monoisotopic (exact) mass is 257 g/mol. The van der Waals surface area contributed by atoms with Crippen molar-refractivity contribution in [1.82, 2.24) is 4.90 Å². The smallest absolute Gasteiger partial charge is 0.337 e. The molecule has 3 heteroatoms. The molecule has 0 aliphatic carbocycles. The van der Waals surface area contributed by atoms with Gasteiger partial charge in [0.1, 0.15) is 0 Å². The predicted octanol–water partition coefficient (Wildman–Crippen LogP) is 2.75. The molecule has 0 aromatic heterocycles. The molecule has 0 amide bonds. The van der Waals surface area contributed by atoms with Crippen molar-refractivity contribution in [1.29, 1.82) is 0 Å². The minimum absolute atomic E-state index is 0.299. The van der Waals surface area contributed by atoms with Crippen LogP contribution in [0.4, 0.5) is 0 Å². The summed E-state index contributed by atoms with van der Waals surface area (Å²) in [6.07, 6.45) is 7.60. The van der Waals surface area contributed by atoms with Crippen molar-refractivity contribution in [3.63, 3.8) is 0 Å². The van der Waals surface area contributed by atoms with Gasteiger partial charge in [0.25, 0.3) is 0 Å². The second-order valence-electron chi connectivity index (χ2n) is 4.75. The Hall–Kier alpha value is -1.87. The molecule has 0 atom stereocenters. The number of nitrogens with zero attached hydrogens (tertiary/aromatic N) is 1. The van der Waals surface area contributed by atoms with Gasteiger partial charge in [-0.2, -0.15) is 0 Å². The first-order valence-electron chi connectivity index (χ1n) is 6.43. The lowest BCUT2D eigenvalue weighted by atomic mass is 10.1. The van der Waals surface area contributed by atoms with Crippen molar-refractivity contribution in [2.75, 3.05) is 27.2 Å². The number of esters is 1. The zero-order valence-corrected chi connectivity index (χ0v) is 11.4. The van der Waals surface area contributed by atoms with Crippen molar-refractivity contribution in [2.24, 2.45) is 0 Å². The van der Waals surface area contributed by atoms with Gasteiger partial charge in [-0.15, -0.1) is 0 Å². The Labute approximate surface area is 114 Å². The van der Waals surface area contributed by atoms with Crippen molar-refractivity contribution in [2.45, 2.75) is 6.42 Å². The molecule has 3 nitrogen and oxygen atoms in total. The molecule has 1 aromatic rings. The standard InChI is InChI=1S/C16H19NO2/c1-17-11-3-4-14(12-17)6-5-13-7-9-15(10-8-13)16(18)19-2/h4-10H,3,11-12H2,1-2H3. The van der Waals surface area contributed by atoms with Crippen LogP contribution in [-0.2, 0) is 4.74 Å². The van der Waals surface area contributed by atoms with Gasteiger partial charge in [0.05, 0.1) is 12.7 Å². The van der Waals surface area contributed by atoms with E-state index < -0.39 is 0 Å². The van der Waals surface area contributed by atoms with Crippen LogP contribution in [0.3, 0.4) is 0 Å². The molecule has 0 unspecified atom stereocenters. The van der Waals surface area contributed by atoms with Gasteiger partial charge >= 0.3 is 5.97 Å².